The molecule has 2 heterocycles. The molecular weight excluding hydrogens is 861 g/mol. The largest absolute Gasteiger partial charge is 0.457 e. The summed E-state index contributed by atoms with van der Waals surface area (Å²) in [6.07, 6.45) is 28.2. The molecule has 0 aromatic heterocycles. The quantitative estimate of drug-likeness (QED) is 0.0174. The first-order valence-corrected chi connectivity index (χ1v) is 26.9. The zero-order valence-corrected chi connectivity index (χ0v) is 41.9. The number of hydrogen-bond donors (Lipinski definition) is 7. The van der Waals surface area contributed by atoms with Crippen molar-refractivity contribution >= 4 is 5.97 Å². The van der Waals surface area contributed by atoms with Gasteiger partial charge in [0.1, 0.15) is 54.9 Å². The predicted molar refractivity (Wildman–Crippen MR) is 261 cm³/mol. The van der Waals surface area contributed by atoms with E-state index < -0.39 is 80.7 Å². The van der Waals surface area contributed by atoms with Crippen LogP contribution >= 0.6 is 0 Å². The van der Waals surface area contributed by atoms with Crippen LogP contribution in [0.15, 0.2) is 24.3 Å². The summed E-state index contributed by atoms with van der Waals surface area (Å²) in [7, 11) is 0. The molecule has 11 unspecified atom stereocenters. The fourth-order valence-electron chi connectivity index (χ4n) is 8.55. The summed E-state index contributed by atoms with van der Waals surface area (Å²) in [5, 5.41) is 72.1. The van der Waals surface area contributed by atoms with Crippen molar-refractivity contribution in [3.05, 3.63) is 24.3 Å². The number of aliphatic hydroxyl groups excluding tert-OH is 7. The van der Waals surface area contributed by atoms with Gasteiger partial charge in [-0.25, -0.2) is 0 Å². The van der Waals surface area contributed by atoms with Gasteiger partial charge in [0, 0.05) is 13.0 Å². The fraction of sp³-hybridized carbons (Fsp3) is 0.906. The van der Waals surface area contributed by atoms with Gasteiger partial charge in [-0.3, -0.25) is 4.79 Å². The van der Waals surface area contributed by atoms with Gasteiger partial charge in [0.05, 0.1) is 26.4 Å². The highest BCUT2D eigenvalue weighted by molar-refractivity contribution is 5.69. The van der Waals surface area contributed by atoms with E-state index in [0.717, 1.165) is 44.9 Å². The predicted octanol–water partition coefficient (Wildman–Crippen LogP) is 8.41. The van der Waals surface area contributed by atoms with Crippen molar-refractivity contribution in [3.8, 4) is 0 Å². The van der Waals surface area contributed by atoms with Crippen LogP contribution < -0.4 is 0 Å². The first kappa shape index (κ1) is 61.6. The molecule has 394 valence electrons. The van der Waals surface area contributed by atoms with Crippen molar-refractivity contribution in [2.45, 2.75) is 274 Å². The maximum absolute atomic E-state index is 13.0. The van der Waals surface area contributed by atoms with E-state index in [1.165, 1.54) is 135 Å². The zero-order valence-electron chi connectivity index (χ0n) is 41.9. The normalized spacial score (nSPS) is 26.2. The van der Waals surface area contributed by atoms with Crippen molar-refractivity contribution in [3.63, 3.8) is 0 Å². The lowest BCUT2D eigenvalue weighted by molar-refractivity contribution is -0.332. The summed E-state index contributed by atoms with van der Waals surface area (Å²) in [6.45, 7) is 3.69. The molecule has 0 aromatic rings. The van der Waals surface area contributed by atoms with E-state index in [-0.39, 0.29) is 25.6 Å². The van der Waals surface area contributed by atoms with E-state index in [9.17, 15) is 40.5 Å². The molecule has 14 heteroatoms. The lowest BCUT2D eigenvalue weighted by atomic mass is 9.98. The second kappa shape index (κ2) is 41.1. The smallest absolute Gasteiger partial charge is 0.306 e. The minimum atomic E-state index is -1.70. The van der Waals surface area contributed by atoms with Crippen LogP contribution in [0.5, 0.6) is 0 Å². The third kappa shape index (κ3) is 28.8. The average molecular weight is 959 g/mol. The van der Waals surface area contributed by atoms with Crippen molar-refractivity contribution < 1.29 is 69.0 Å². The Labute approximate surface area is 405 Å². The first-order valence-electron chi connectivity index (χ1n) is 26.9. The number of carbonyl (C=O) groups is 1. The molecule has 11 atom stereocenters. The number of esters is 1. The lowest BCUT2D eigenvalue weighted by Crippen LogP contribution is -2.61. The van der Waals surface area contributed by atoms with Crippen molar-refractivity contribution in [2.24, 2.45) is 0 Å². The molecule has 2 aliphatic heterocycles. The van der Waals surface area contributed by atoms with E-state index in [4.69, 9.17) is 28.4 Å². The monoisotopic (exact) mass is 959 g/mol. The van der Waals surface area contributed by atoms with E-state index >= 15 is 0 Å². The number of aliphatic hydroxyl groups is 7. The number of ether oxygens (including phenoxy) is 6. The second-order valence-electron chi connectivity index (χ2n) is 19.1. The second-order valence-corrected chi connectivity index (χ2v) is 19.1. The van der Waals surface area contributed by atoms with Gasteiger partial charge < -0.3 is 64.2 Å². The molecule has 0 bridgehead atoms. The van der Waals surface area contributed by atoms with Gasteiger partial charge in [-0.2, -0.15) is 0 Å². The van der Waals surface area contributed by atoms with Gasteiger partial charge in [-0.05, 0) is 44.9 Å². The molecule has 0 amide bonds. The van der Waals surface area contributed by atoms with E-state index in [1.54, 1.807) is 0 Å². The minimum Gasteiger partial charge on any atom is -0.457 e. The highest BCUT2D eigenvalue weighted by Crippen LogP contribution is 2.26. The molecule has 2 saturated heterocycles. The molecule has 14 nitrogen and oxygen atoms in total. The Bertz CT molecular complexity index is 1200. The number of rotatable bonds is 43. The van der Waals surface area contributed by atoms with E-state index in [2.05, 4.69) is 38.2 Å². The number of unbranched alkanes of at least 4 members (excludes halogenated alkanes) is 25. The Morgan fingerprint density at radius 1 is 0.493 bits per heavy atom. The standard InChI is InChI=1S/C53H98O14/c1-3-5-7-9-11-13-15-16-17-18-19-20-21-22-23-24-25-26-27-28-30-32-34-36-45(55)65-42(39-62-37-35-33-31-29-14-12-10-8-6-4-2)40-63-52-51(61)49(59)47(57)44(67-52)41-64-53-50(60)48(58)46(56)43(38-54)66-53/h15-16,18-19,42-44,46-54,56-61H,3-14,17,20-41H2,1-2H3/b16-15-,19-18-. The molecule has 0 aromatic carbocycles. The molecule has 0 radical (unpaired) electrons. The van der Waals surface area contributed by atoms with Crippen LogP contribution in [0.4, 0.5) is 0 Å². The Morgan fingerprint density at radius 3 is 1.43 bits per heavy atom. The maximum atomic E-state index is 13.0. The fourth-order valence-corrected chi connectivity index (χ4v) is 8.55. The van der Waals surface area contributed by atoms with Gasteiger partial charge in [0.2, 0.25) is 0 Å². The van der Waals surface area contributed by atoms with Gasteiger partial charge >= 0.3 is 5.97 Å². The Balaban J connectivity index is 1.69. The summed E-state index contributed by atoms with van der Waals surface area (Å²) in [5.74, 6) is -0.377. The number of carbonyl (C=O) groups excluding carboxylic acids is 1. The highest BCUT2D eigenvalue weighted by atomic mass is 16.7. The van der Waals surface area contributed by atoms with Crippen LogP contribution in [0.3, 0.4) is 0 Å². The first-order chi connectivity index (χ1) is 32.6. The highest BCUT2D eigenvalue weighted by Gasteiger charge is 2.47. The summed E-state index contributed by atoms with van der Waals surface area (Å²) in [5.41, 5.74) is 0. The lowest BCUT2D eigenvalue weighted by Gasteiger charge is -2.42. The molecule has 0 saturated carbocycles. The Morgan fingerprint density at radius 2 is 0.925 bits per heavy atom. The molecule has 0 spiro atoms. The number of allylic oxidation sites excluding steroid dienone is 4. The average Bonchev–Trinajstić information content (AvgIpc) is 3.32. The van der Waals surface area contributed by atoms with Crippen molar-refractivity contribution in [1.29, 1.82) is 0 Å². The minimum absolute atomic E-state index is 0.0646. The third-order valence-corrected chi connectivity index (χ3v) is 13.0. The van der Waals surface area contributed by atoms with Crippen LogP contribution in [0.1, 0.15) is 206 Å². The van der Waals surface area contributed by atoms with E-state index in [0.29, 0.717) is 13.0 Å². The molecule has 0 aliphatic carbocycles. The third-order valence-electron chi connectivity index (χ3n) is 13.0. The van der Waals surface area contributed by atoms with Gasteiger partial charge in [-0.15, -0.1) is 0 Å². The van der Waals surface area contributed by atoms with Crippen LogP contribution in [-0.4, -0.2) is 142 Å². The zero-order chi connectivity index (χ0) is 48.7. The molecule has 67 heavy (non-hydrogen) atoms. The van der Waals surface area contributed by atoms with Crippen molar-refractivity contribution in [2.75, 3.05) is 33.0 Å². The van der Waals surface area contributed by atoms with Crippen LogP contribution in [0.2, 0.25) is 0 Å². The molecule has 2 aliphatic rings. The Hall–Kier alpha value is -1.53. The summed E-state index contributed by atoms with van der Waals surface area (Å²) < 4.78 is 34.3. The summed E-state index contributed by atoms with van der Waals surface area (Å²) in [4.78, 5) is 13.0. The Kier molecular flexibility index (Phi) is 37.8. The van der Waals surface area contributed by atoms with E-state index in [1.807, 2.05) is 0 Å². The van der Waals surface area contributed by atoms with Gasteiger partial charge in [-0.1, -0.05) is 179 Å². The summed E-state index contributed by atoms with van der Waals surface area (Å²) >= 11 is 0. The molecule has 7 N–H and O–H groups in total. The number of hydrogen-bond acceptors (Lipinski definition) is 14. The van der Waals surface area contributed by atoms with Gasteiger partial charge in [0.15, 0.2) is 12.6 Å². The maximum Gasteiger partial charge on any atom is 0.306 e. The van der Waals surface area contributed by atoms with Crippen LogP contribution in [-0.2, 0) is 33.2 Å². The molecule has 2 fully saturated rings. The van der Waals surface area contributed by atoms with Gasteiger partial charge in [0.25, 0.3) is 0 Å². The van der Waals surface area contributed by atoms with Crippen molar-refractivity contribution in [1.82, 2.24) is 0 Å². The topological polar surface area (TPSA) is 214 Å². The SMILES string of the molecule is CCCCCCC/C=C\C/C=C\CCCCCCCCCCCCCC(=O)OC(COCCCCCCCCCCCC)COC1OC(COC2OC(CO)C(O)C(O)C2O)C(O)C(O)C1O. The molecular formula is C53H98O14. The summed E-state index contributed by atoms with van der Waals surface area (Å²) in [6, 6.07) is 0. The van der Waals surface area contributed by atoms with Crippen LogP contribution in [0, 0.1) is 0 Å². The molecule has 2 rings (SSSR count). The van der Waals surface area contributed by atoms with Crippen LogP contribution in [0.25, 0.3) is 0 Å².